The molecule has 131 heavy (non-hydrogen) atoms. The van der Waals surface area contributed by atoms with Crippen LogP contribution in [0.5, 0.6) is 0 Å². The molecular formula is C102H206F15NO9Si4. The van der Waals surface area contributed by atoms with Gasteiger partial charge < -0.3 is 23.8 Å². The molecule has 794 valence electrons. The Bertz CT molecular complexity index is 2850. The highest BCUT2D eigenvalue weighted by molar-refractivity contribution is 6.77. The number of carbonyl (C=O) groups is 5. The van der Waals surface area contributed by atoms with Gasteiger partial charge in [-0.1, -0.05) is 308 Å². The lowest BCUT2D eigenvalue weighted by molar-refractivity contribution is -0.237. The second-order valence-corrected chi connectivity index (χ2v) is 70.9. The van der Waals surface area contributed by atoms with E-state index in [1.807, 2.05) is 27.7 Å². The minimum Gasteiger partial charge on any atom is -0.462 e. The van der Waals surface area contributed by atoms with E-state index in [4.69, 9.17) is 18.9 Å². The van der Waals surface area contributed by atoms with Crippen molar-refractivity contribution in [3.05, 3.63) is 0 Å². The van der Waals surface area contributed by atoms with E-state index in [1.54, 1.807) is 27.7 Å². The van der Waals surface area contributed by atoms with E-state index in [1.165, 1.54) is 144 Å². The lowest BCUT2D eigenvalue weighted by atomic mass is 9.72. The number of alkyl halides is 15. The fourth-order valence-electron chi connectivity index (χ4n) is 14.0. The van der Waals surface area contributed by atoms with E-state index < -0.39 is 137 Å². The molecule has 0 heterocycles. The van der Waals surface area contributed by atoms with Gasteiger partial charge >= 0.3 is 54.8 Å². The topological polar surface area (TPSA) is 126 Å². The number of carbonyl (C=O) groups excluding carboxylic acids is 5. The molecule has 0 radical (unpaired) electrons. The van der Waals surface area contributed by atoms with Gasteiger partial charge in [0.2, 0.25) is 5.91 Å². The number of rotatable bonds is 30. The summed E-state index contributed by atoms with van der Waals surface area (Å²) in [6.45, 7) is 101. The molecule has 1 amide bonds. The smallest absolute Gasteiger partial charge is 0.404 e. The maximum absolute atomic E-state index is 13.0. The molecule has 10 unspecified atom stereocenters. The van der Waals surface area contributed by atoms with E-state index in [2.05, 4.69) is 189 Å². The van der Waals surface area contributed by atoms with Gasteiger partial charge in [-0.2, -0.15) is 65.9 Å². The first kappa shape index (κ1) is 146. The van der Waals surface area contributed by atoms with Crippen LogP contribution in [0.1, 0.15) is 373 Å². The van der Waals surface area contributed by atoms with Crippen LogP contribution in [0.3, 0.4) is 0 Å². The highest BCUT2D eigenvalue weighted by atomic mass is 28.3. The first-order valence-corrected chi connectivity index (χ1v) is 63.9. The van der Waals surface area contributed by atoms with Gasteiger partial charge in [-0.05, 0) is 226 Å². The Hall–Kier alpha value is -2.83. The van der Waals surface area contributed by atoms with Gasteiger partial charge in [0.05, 0.1) is 0 Å². The average molecular weight is 1990 g/mol. The zero-order valence-electron chi connectivity index (χ0n) is 93.7. The Balaban J connectivity index is -0.000000183. The van der Waals surface area contributed by atoms with Gasteiger partial charge in [0.1, 0.15) is 28.8 Å². The largest absolute Gasteiger partial charge is 0.462 e. The van der Waals surface area contributed by atoms with Crippen LogP contribution in [0, 0.1) is 85.2 Å². The summed E-state index contributed by atoms with van der Waals surface area (Å²) in [6.07, 6.45) is -14.0. The summed E-state index contributed by atoms with van der Waals surface area (Å²) < 4.78 is 212. The van der Waals surface area contributed by atoms with Crippen LogP contribution in [-0.2, 0) is 42.9 Å². The van der Waals surface area contributed by atoms with Crippen molar-refractivity contribution in [3.8, 4) is 0 Å². The van der Waals surface area contributed by atoms with Crippen LogP contribution in [0.25, 0.3) is 0 Å². The fraction of sp³-hybridized carbons (Fsp3) is 0.951. The molecule has 1 rings (SSSR count). The normalized spacial score (nSPS) is 18.0. The van der Waals surface area contributed by atoms with Gasteiger partial charge in [-0.3, -0.25) is 24.0 Å². The van der Waals surface area contributed by atoms with Gasteiger partial charge in [0.25, 0.3) is 0 Å². The van der Waals surface area contributed by atoms with Gasteiger partial charge in [-0.15, -0.1) is 0 Å². The van der Waals surface area contributed by atoms with Gasteiger partial charge in [0.15, 0.2) is 21.7 Å². The molecule has 0 aromatic heterocycles. The fourth-order valence-corrected chi connectivity index (χ4v) is 23.5. The molecule has 0 saturated heterocycles. The molecular weight excluding hydrogens is 1780 g/mol. The van der Waals surface area contributed by atoms with Crippen molar-refractivity contribution in [1.82, 2.24) is 4.90 Å². The zero-order chi connectivity index (χ0) is 108. The molecule has 0 aliphatic heterocycles. The first-order chi connectivity index (χ1) is 57.5. The second kappa shape index (κ2) is 61.0. The summed E-state index contributed by atoms with van der Waals surface area (Å²) in [5.41, 5.74) is -13.0. The highest BCUT2D eigenvalue weighted by Crippen LogP contribution is 2.48. The van der Waals surface area contributed by atoms with E-state index in [0.717, 1.165) is 77.0 Å². The van der Waals surface area contributed by atoms with Crippen LogP contribution >= 0.6 is 0 Å². The summed E-state index contributed by atoms with van der Waals surface area (Å²) in [4.78, 5) is 60.0. The van der Waals surface area contributed by atoms with Crippen LogP contribution < -0.4 is 0 Å². The molecule has 1 fully saturated rings. The van der Waals surface area contributed by atoms with Crippen LogP contribution in [0.4, 0.5) is 65.9 Å². The Labute approximate surface area is 799 Å². The van der Waals surface area contributed by atoms with Gasteiger partial charge in [-0.25, -0.2) is 0 Å². The molecule has 0 bridgehead atoms. The van der Waals surface area contributed by atoms with Crippen molar-refractivity contribution in [2.45, 2.75) is 542 Å². The van der Waals surface area contributed by atoms with Gasteiger partial charge in [0, 0.05) is 44.4 Å². The van der Waals surface area contributed by atoms with E-state index >= 15 is 0 Å². The predicted octanol–water partition coefficient (Wildman–Crippen LogP) is 36.5. The van der Waals surface area contributed by atoms with Crippen LogP contribution in [0.15, 0.2) is 0 Å². The van der Waals surface area contributed by atoms with Crippen LogP contribution in [-0.4, -0.2) is 133 Å². The molecule has 0 N–H and O–H groups in total. The van der Waals surface area contributed by atoms with E-state index in [9.17, 15) is 89.8 Å². The molecule has 1 aliphatic rings. The summed E-state index contributed by atoms with van der Waals surface area (Å²) in [7, 11) is -2.97. The standard InChI is InChI=1S/C16H27F3O2.C13H23F3O2.C12H22F3NO.2C10H17F3O2.C9H20.4C8H20Si/c1-6-15(5,16(17,18)19)13(20)21-12-9-7-11(8-10-12)14(2,3)4;1-7-12(6,13(14,15)16)11(17)18-10(8(2)3)9(4)5;1-7-11(6,12(13,14)15)10(17)16(8(2)3)9(4)5;2*1-6-9(5,10(11,12)13)7(14)15-8(2,3)4;5*1-6-8(2)7-9(3,4)5/h11-12H,6-10H2,1-5H3;8-10H,7H2,1-6H3;8-9H,7H2,1-6H3;2*6H2,1-5H3;5*8H,6-7H2,1-5H3. The summed E-state index contributed by atoms with van der Waals surface area (Å²) in [5.74, 6) is -0.347. The van der Waals surface area contributed by atoms with Crippen molar-refractivity contribution >= 4 is 62.1 Å². The predicted molar refractivity (Wildman–Crippen MR) is 536 cm³/mol. The maximum atomic E-state index is 13.0. The van der Waals surface area contributed by atoms with Crippen molar-refractivity contribution in [1.29, 1.82) is 0 Å². The Morgan fingerprint density at radius 3 is 0.672 bits per heavy atom. The third kappa shape index (κ3) is 64.2. The number of hydrogen-bond acceptors (Lipinski definition) is 9. The average Bonchev–Trinajstić information content (AvgIpc) is 0.782. The molecule has 1 saturated carbocycles. The van der Waals surface area contributed by atoms with Crippen molar-refractivity contribution in [3.63, 3.8) is 0 Å². The molecule has 10 atom stereocenters. The zero-order valence-corrected chi connectivity index (χ0v) is 97.7. The second-order valence-electron chi connectivity index (χ2n) is 48.8. The van der Waals surface area contributed by atoms with E-state index in [0.29, 0.717) is 24.2 Å². The third-order valence-corrected chi connectivity index (χ3v) is 31.8. The van der Waals surface area contributed by atoms with Crippen LogP contribution in [0.2, 0.25) is 103 Å². The minimum absolute atomic E-state index is 0.0108. The summed E-state index contributed by atoms with van der Waals surface area (Å²) in [6, 6.07) is 5.48. The minimum atomic E-state index is -4.59. The molecule has 0 aromatic rings. The SMILES string of the molecule is CCC(C)(C(=O)N(C(C)C)C(C)C)C(F)(F)F.CCC(C)(C(=O)OC(C(C)C)C(C)C)C(F)(F)F.CCC(C)(C(=O)OC(C)(C)C)C(F)(F)F.CCC(C)(C(=O)OC(C)(C)C)C(F)(F)F.CCC(C)(C(=O)OC1CCC(C(C)(C)C)CC1)C(F)(F)F.CCC(C)CC(C)(C)C.CCC(C)C[Si](C)(C)C.CCC(C)C[Si](C)(C)C.CCC(C)C[Si](C)(C)C.CCC(C)C[Si](C)(C)C. The first-order valence-electron chi connectivity index (χ1n) is 49.1. The summed E-state index contributed by atoms with van der Waals surface area (Å²) >= 11 is 0. The maximum Gasteiger partial charge on any atom is 0.404 e. The Kier molecular flexibility index (Phi) is 68.0. The number of ether oxygens (including phenoxy) is 4. The molecule has 0 aromatic carbocycles. The quantitative estimate of drug-likeness (QED) is 0.0299. The van der Waals surface area contributed by atoms with Crippen molar-refractivity contribution in [2.24, 2.45) is 85.2 Å². The highest BCUT2D eigenvalue weighted by Gasteiger charge is 2.61. The van der Waals surface area contributed by atoms with E-state index in [-0.39, 0.29) is 67.5 Å². The third-order valence-electron chi connectivity index (χ3n) is 24.1. The Morgan fingerprint density at radius 2 is 0.527 bits per heavy atom. The number of esters is 4. The lowest BCUT2D eigenvalue weighted by Crippen LogP contribution is -2.54. The lowest BCUT2D eigenvalue weighted by Gasteiger charge is -2.39. The number of nitrogens with zero attached hydrogens (tertiary/aromatic N) is 1. The molecule has 0 spiro atoms. The Morgan fingerprint density at radius 1 is 0.313 bits per heavy atom. The summed E-state index contributed by atoms with van der Waals surface area (Å²) in [5, 5.41) is 0. The van der Waals surface area contributed by atoms with Crippen molar-refractivity contribution < 1.29 is 109 Å². The molecule has 29 heteroatoms. The number of hydrogen-bond donors (Lipinski definition) is 0. The monoisotopic (exact) mass is 1990 g/mol. The molecule has 10 nitrogen and oxygen atoms in total. The number of amides is 1. The number of halogens is 15. The molecule has 1 aliphatic carbocycles. The van der Waals surface area contributed by atoms with Crippen molar-refractivity contribution in [2.75, 3.05) is 0 Å².